The van der Waals surface area contributed by atoms with Gasteiger partial charge in [0.1, 0.15) is 14.6 Å². The molecule has 92 valence electrons. The van der Waals surface area contributed by atoms with Crippen LogP contribution in [0.15, 0.2) is 11.0 Å². The van der Waals surface area contributed by atoms with Gasteiger partial charge in [0.2, 0.25) is 0 Å². The Morgan fingerprint density at radius 2 is 2.29 bits per heavy atom. The summed E-state index contributed by atoms with van der Waals surface area (Å²) in [5, 5.41) is 8.87. The van der Waals surface area contributed by atoms with E-state index in [9.17, 15) is 9.59 Å². The highest BCUT2D eigenvalue weighted by Crippen LogP contribution is 2.47. The maximum Gasteiger partial charge on any atom is 0.342 e. The third-order valence-electron chi connectivity index (χ3n) is 2.98. The number of aromatic nitrogens is 2. The van der Waals surface area contributed by atoms with Crippen LogP contribution in [0.3, 0.4) is 0 Å². The molecule has 0 aliphatic carbocycles. The molecule has 1 aliphatic heterocycles. The van der Waals surface area contributed by atoms with Crippen molar-refractivity contribution in [2.24, 2.45) is 5.92 Å². The molecule has 0 saturated heterocycles. The summed E-state index contributed by atoms with van der Waals surface area (Å²) in [6.45, 7) is 2.52. The van der Waals surface area contributed by atoms with Gasteiger partial charge in [0.05, 0.1) is 0 Å². The minimum absolute atomic E-state index is 0.255. The van der Waals surface area contributed by atoms with Crippen LogP contribution in [-0.4, -0.2) is 20.6 Å². The van der Waals surface area contributed by atoms with Crippen molar-refractivity contribution in [2.75, 3.05) is 0 Å². The van der Waals surface area contributed by atoms with Crippen LogP contribution in [0.2, 0.25) is 0 Å². The number of rotatable bonds is 1. The largest absolute Gasteiger partial charge is 0.477 e. The fraction of sp³-hybridized carbons (Fsp3) is 0.500. The highest BCUT2D eigenvalue weighted by atomic mass is 79.9. The van der Waals surface area contributed by atoms with Crippen molar-refractivity contribution in [3.8, 4) is 0 Å². The van der Waals surface area contributed by atoms with Crippen LogP contribution in [-0.2, 0) is 9.78 Å². The van der Waals surface area contributed by atoms with E-state index >= 15 is 0 Å². The van der Waals surface area contributed by atoms with Crippen molar-refractivity contribution in [2.45, 2.75) is 23.1 Å². The van der Waals surface area contributed by atoms with Gasteiger partial charge in [-0.1, -0.05) is 38.8 Å². The number of aromatic carboxylic acids is 1. The molecule has 0 fully saturated rings. The number of carbonyl (C=O) groups is 1. The van der Waals surface area contributed by atoms with Crippen LogP contribution in [0.1, 0.15) is 29.5 Å². The highest BCUT2D eigenvalue weighted by molar-refractivity contribution is 9.24. The molecular formula is C10H10Br2N2O3. The summed E-state index contributed by atoms with van der Waals surface area (Å²) in [6.07, 6.45) is 1.89. The average Bonchev–Trinajstić information content (AvgIpc) is 2.24. The van der Waals surface area contributed by atoms with Gasteiger partial charge in [0.15, 0.2) is 0 Å². The van der Waals surface area contributed by atoms with E-state index in [1.807, 2.05) is 6.92 Å². The number of nitrogens with zero attached hydrogens (tertiary/aromatic N) is 2. The lowest BCUT2D eigenvalue weighted by Gasteiger charge is -2.34. The van der Waals surface area contributed by atoms with Crippen LogP contribution in [0, 0.1) is 5.92 Å². The zero-order valence-corrected chi connectivity index (χ0v) is 12.2. The Kier molecular flexibility index (Phi) is 3.15. The van der Waals surface area contributed by atoms with Crippen LogP contribution in [0.4, 0.5) is 0 Å². The lowest BCUT2D eigenvalue weighted by Crippen LogP contribution is -2.40. The van der Waals surface area contributed by atoms with Gasteiger partial charge in [-0.3, -0.25) is 9.36 Å². The van der Waals surface area contributed by atoms with Gasteiger partial charge in [-0.2, -0.15) is 0 Å². The van der Waals surface area contributed by atoms with Crippen molar-refractivity contribution >= 4 is 37.8 Å². The van der Waals surface area contributed by atoms with E-state index in [0.29, 0.717) is 12.4 Å². The molecule has 1 aromatic heterocycles. The third-order valence-corrected chi connectivity index (χ3v) is 5.25. The summed E-state index contributed by atoms with van der Waals surface area (Å²) in [5.74, 6) is -0.470. The summed E-state index contributed by atoms with van der Waals surface area (Å²) >= 11 is 7.00. The molecular weight excluding hydrogens is 356 g/mol. The van der Waals surface area contributed by atoms with E-state index in [0.717, 1.165) is 12.6 Å². The second-order valence-electron chi connectivity index (χ2n) is 4.07. The molecule has 5 nitrogen and oxygen atoms in total. The fourth-order valence-electron chi connectivity index (χ4n) is 1.84. The van der Waals surface area contributed by atoms with Crippen LogP contribution >= 0.6 is 31.9 Å². The van der Waals surface area contributed by atoms with Gasteiger partial charge in [-0.25, -0.2) is 9.78 Å². The molecule has 17 heavy (non-hydrogen) atoms. The molecule has 2 heterocycles. The van der Waals surface area contributed by atoms with Crippen LogP contribution in [0.5, 0.6) is 0 Å². The first kappa shape index (κ1) is 12.8. The van der Waals surface area contributed by atoms with Gasteiger partial charge in [-0.05, 0) is 12.3 Å². The quantitative estimate of drug-likeness (QED) is 0.772. The Morgan fingerprint density at radius 3 is 2.88 bits per heavy atom. The number of fused-ring (bicyclic) bond motifs is 1. The Hall–Kier alpha value is -0.690. The molecule has 1 atom stereocenters. The number of carboxylic acids is 1. The maximum absolute atomic E-state index is 11.9. The summed E-state index contributed by atoms with van der Waals surface area (Å²) in [5.41, 5.74) is -0.795. The predicted molar refractivity (Wildman–Crippen MR) is 68.8 cm³/mol. The standard InChI is InChI=1S/C10H10Br2N2O3/c1-5-2-3-14-7(15)6(8(16)17)4-13-9(14)10(5,11)12/h4-5H,2-3H2,1H3,(H,16,17). The number of hydrogen-bond donors (Lipinski definition) is 1. The van der Waals surface area contributed by atoms with Crippen molar-refractivity contribution in [1.82, 2.24) is 9.55 Å². The SMILES string of the molecule is CC1CCn2c(ncc(C(=O)O)c2=O)C1(Br)Br. The zero-order chi connectivity index (χ0) is 12.8. The topological polar surface area (TPSA) is 72.2 Å². The Balaban J connectivity index is 2.67. The molecule has 0 radical (unpaired) electrons. The summed E-state index contributed by atoms with van der Waals surface area (Å²) in [6, 6.07) is 0. The first-order chi connectivity index (χ1) is 7.85. The van der Waals surface area contributed by atoms with Gasteiger partial charge >= 0.3 is 5.97 Å². The molecule has 1 aromatic rings. The average molecular weight is 366 g/mol. The maximum atomic E-state index is 11.9. The van der Waals surface area contributed by atoms with Crippen LogP contribution in [0.25, 0.3) is 0 Å². The van der Waals surface area contributed by atoms with Crippen LogP contribution < -0.4 is 5.56 Å². The van der Waals surface area contributed by atoms with Gasteiger partial charge in [0.25, 0.3) is 5.56 Å². The van der Waals surface area contributed by atoms with Gasteiger partial charge < -0.3 is 5.11 Å². The summed E-state index contributed by atoms with van der Waals surface area (Å²) in [7, 11) is 0. The molecule has 0 spiro atoms. The second kappa shape index (κ2) is 4.20. The molecule has 1 unspecified atom stereocenters. The van der Waals surface area contributed by atoms with E-state index < -0.39 is 14.8 Å². The summed E-state index contributed by atoms with van der Waals surface area (Å²) in [4.78, 5) is 26.9. The predicted octanol–water partition coefficient (Wildman–Crippen LogP) is 1.92. The molecule has 0 aromatic carbocycles. The highest BCUT2D eigenvalue weighted by Gasteiger charge is 2.40. The molecule has 1 N–H and O–H groups in total. The molecule has 7 heteroatoms. The Labute approximate surface area is 114 Å². The molecule has 0 amide bonds. The molecule has 0 saturated carbocycles. The lowest BCUT2D eigenvalue weighted by atomic mass is 9.99. The second-order valence-corrected chi connectivity index (χ2v) is 7.64. The third kappa shape index (κ3) is 1.95. The monoisotopic (exact) mass is 364 g/mol. The minimum Gasteiger partial charge on any atom is -0.477 e. The van der Waals surface area contributed by atoms with E-state index in [4.69, 9.17) is 5.11 Å². The fourth-order valence-corrected chi connectivity index (χ4v) is 2.93. The summed E-state index contributed by atoms with van der Waals surface area (Å²) < 4.78 is 0.835. The van der Waals surface area contributed by atoms with Gasteiger partial charge in [0, 0.05) is 12.7 Å². The Morgan fingerprint density at radius 1 is 1.65 bits per heavy atom. The van der Waals surface area contributed by atoms with E-state index in [2.05, 4.69) is 36.8 Å². The molecule has 0 bridgehead atoms. The van der Waals surface area contributed by atoms with Crippen molar-refractivity contribution in [1.29, 1.82) is 0 Å². The number of halogens is 2. The first-order valence-electron chi connectivity index (χ1n) is 5.07. The molecule has 2 rings (SSSR count). The minimum atomic E-state index is -1.24. The molecule has 1 aliphatic rings. The van der Waals surface area contributed by atoms with E-state index in [1.54, 1.807) is 0 Å². The number of hydrogen-bond acceptors (Lipinski definition) is 3. The van der Waals surface area contributed by atoms with Gasteiger partial charge in [-0.15, -0.1) is 0 Å². The van der Waals surface area contributed by atoms with Crippen molar-refractivity contribution in [3.05, 3.63) is 27.9 Å². The zero-order valence-electron chi connectivity index (χ0n) is 8.98. The lowest BCUT2D eigenvalue weighted by molar-refractivity contribution is 0.0693. The smallest absolute Gasteiger partial charge is 0.342 e. The van der Waals surface area contributed by atoms with E-state index in [1.165, 1.54) is 4.57 Å². The van der Waals surface area contributed by atoms with Crippen molar-refractivity contribution in [3.63, 3.8) is 0 Å². The number of carboxylic acid groups (broad SMARTS) is 1. The first-order valence-corrected chi connectivity index (χ1v) is 6.65. The normalized spacial score (nSPS) is 21.9. The number of alkyl halides is 2. The Bertz CT molecular complexity index is 539. The van der Waals surface area contributed by atoms with Crippen molar-refractivity contribution < 1.29 is 9.90 Å². The van der Waals surface area contributed by atoms with E-state index in [-0.39, 0.29) is 11.5 Å².